The normalized spacial score (nSPS) is 22.7. The molecule has 0 saturated carbocycles. The summed E-state index contributed by atoms with van der Waals surface area (Å²) in [7, 11) is 0. The summed E-state index contributed by atoms with van der Waals surface area (Å²) in [4.78, 5) is 41.2. The molecule has 1 saturated heterocycles. The fraction of sp³-hybridized carbons (Fsp3) is 0.321. The summed E-state index contributed by atoms with van der Waals surface area (Å²) in [5, 5.41) is 5.90. The van der Waals surface area contributed by atoms with Crippen molar-refractivity contribution in [3.63, 3.8) is 0 Å². The van der Waals surface area contributed by atoms with Gasteiger partial charge in [0.15, 0.2) is 0 Å². The average Bonchev–Trinajstić information content (AvgIpc) is 3.21. The minimum absolute atomic E-state index is 0.0558. The van der Waals surface area contributed by atoms with Crippen molar-refractivity contribution in [3.05, 3.63) is 83.7 Å². The molecule has 3 aliphatic rings. The molecule has 1 fully saturated rings. The highest BCUT2D eigenvalue weighted by Gasteiger charge is 2.46. The zero-order chi connectivity index (χ0) is 26.9. The van der Waals surface area contributed by atoms with Gasteiger partial charge in [-0.25, -0.2) is 4.98 Å². The lowest BCUT2D eigenvalue weighted by Gasteiger charge is -2.34. The van der Waals surface area contributed by atoms with E-state index in [1.165, 1.54) is 0 Å². The zero-order valence-corrected chi connectivity index (χ0v) is 21.9. The number of hydrogen-bond acceptors (Lipinski definition) is 7. The minimum atomic E-state index is -0.287. The van der Waals surface area contributed by atoms with Crippen molar-refractivity contribution in [1.82, 2.24) is 15.2 Å². The van der Waals surface area contributed by atoms with E-state index in [1.807, 2.05) is 39.0 Å². The van der Waals surface area contributed by atoms with Gasteiger partial charge in [-0.05, 0) is 70.0 Å². The van der Waals surface area contributed by atoms with Crippen LogP contribution in [0.1, 0.15) is 49.5 Å². The van der Waals surface area contributed by atoms with E-state index in [-0.39, 0.29) is 27.9 Å². The topological polar surface area (TPSA) is 125 Å². The number of quaternary nitrogens is 1. The number of amides is 2. The number of aliphatic imine (C=N–C) groups is 2. The van der Waals surface area contributed by atoms with Crippen LogP contribution < -0.4 is 16.5 Å². The molecule has 2 aromatic rings. The summed E-state index contributed by atoms with van der Waals surface area (Å²) in [5.41, 5.74) is 1.74. The van der Waals surface area contributed by atoms with Gasteiger partial charge >= 0.3 is 0 Å². The number of pyridine rings is 1. The summed E-state index contributed by atoms with van der Waals surface area (Å²) in [6, 6.07) is 12.5. The first kappa shape index (κ1) is 25.5. The number of nitrogens with two attached hydrogens (primary N) is 1. The van der Waals surface area contributed by atoms with Gasteiger partial charge in [0.2, 0.25) is 17.4 Å². The molecule has 2 amide bonds. The predicted octanol–water partition coefficient (Wildman–Crippen LogP) is 3.14. The first-order valence-corrected chi connectivity index (χ1v) is 12.8. The van der Waals surface area contributed by atoms with Crippen LogP contribution >= 0.6 is 0 Å². The molecule has 0 radical (unpaired) electrons. The highest BCUT2D eigenvalue weighted by Crippen LogP contribution is 2.34. The number of rotatable bonds is 5. The smallest absolute Gasteiger partial charge is 0.266 e. The Morgan fingerprint density at radius 1 is 1.13 bits per heavy atom. The number of likely N-dealkylation sites (tertiary alicyclic amines) is 1. The molecule has 5 rings (SSSR count). The molecule has 10 nitrogen and oxygen atoms in total. The Morgan fingerprint density at radius 3 is 2.63 bits per heavy atom. The zero-order valence-electron chi connectivity index (χ0n) is 21.9. The standard InChI is InChI=1S/C28H32N8O2/c1-28(2,3)34-27(38)21-7-6-15-35(18-21)24-22-17-30-14-16-36(22,29)25(33-24)19-9-11-20(12-10-19)26(37)32-23-8-4-5-13-31-23/h4-5,8-14,16-17,21H,6-7,15,18,29H2,1-3H3,(H-,31,32,34,37,38)/p+1. The Morgan fingerprint density at radius 2 is 1.92 bits per heavy atom. The lowest BCUT2D eigenvalue weighted by atomic mass is 9.95. The van der Waals surface area contributed by atoms with Crippen LogP contribution in [0.15, 0.2) is 82.6 Å². The van der Waals surface area contributed by atoms with E-state index in [9.17, 15) is 9.59 Å². The Bertz CT molecular complexity index is 1360. The number of anilines is 1. The fourth-order valence-electron chi connectivity index (χ4n) is 4.84. The van der Waals surface area contributed by atoms with Crippen LogP contribution in [0.5, 0.6) is 0 Å². The highest BCUT2D eigenvalue weighted by atomic mass is 16.2. The number of aromatic nitrogens is 1. The number of amidine groups is 1. The second kappa shape index (κ2) is 9.96. The molecule has 2 unspecified atom stereocenters. The van der Waals surface area contributed by atoms with Crippen molar-refractivity contribution in [1.29, 1.82) is 0 Å². The van der Waals surface area contributed by atoms with Crippen molar-refractivity contribution in [2.45, 2.75) is 39.2 Å². The number of piperidine rings is 1. The molecule has 1 aromatic carbocycles. The predicted molar refractivity (Wildman–Crippen MR) is 146 cm³/mol. The maximum absolute atomic E-state index is 12.9. The van der Waals surface area contributed by atoms with Crippen LogP contribution in [0.25, 0.3) is 0 Å². The number of nitrogens with one attached hydrogen (secondary N) is 2. The summed E-state index contributed by atoms with van der Waals surface area (Å²) in [6.45, 7) is 7.30. The van der Waals surface area contributed by atoms with Crippen LogP contribution in [0.4, 0.5) is 5.82 Å². The van der Waals surface area contributed by atoms with Crippen molar-refractivity contribution in [2.24, 2.45) is 21.7 Å². The quantitative estimate of drug-likeness (QED) is 0.418. The van der Waals surface area contributed by atoms with Gasteiger partial charge in [-0.2, -0.15) is 10.8 Å². The molecule has 38 heavy (non-hydrogen) atoms. The lowest BCUT2D eigenvalue weighted by Crippen LogP contribution is -2.53. The first-order chi connectivity index (χ1) is 18.1. The van der Waals surface area contributed by atoms with Gasteiger partial charge in [0.1, 0.15) is 12.0 Å². The van der Waals surface area contributed by atoms with E-state index in [0.29, 0.717) is 23.8 Å². The van der Waals surface area contributed by atoms with Gasteiger partial charge in [-0.1, -0.05) is 6.07 Å². The molecule has 10 heteroatoms. The molecule has 196 valence electrons. The van der Waals surface area contributed by atoms with E-state index in [2.05, 4.69) is 25.5 Å². The number of benzene rings is 1. The lowest BCUT2D eigenvalue weighted by molar-refractivity contribution is -0.750. The van der Waals surface area contributed by atoms with Crippen molar-refractivity contribution in [2.75, 3.05) is 18.4 Å². The Kier molecular flexibility index (Phi) is 6.68. The van der Waals surface area contributed by atoms with E-state index in [4.69, 9.17) is 10.8 Å². The third-order valence-electron chi connectivity index (χ3n) is 6.68. The summed E-state index contributed by atoms with van der Waals surface area (Å²) in [5.74, 6) is 8.39. The molecular formula is C28H33N8O2+. The fourth-order valence-corrected chi connectivity index (χ4v) is 4.84. The largest absolute Gasteiger partial charge is 0.351 e. The van der Waals surface area contributed by atoms with Gasteiger partial charge in [0, 0.05) is 30.4 Å². The second-order valence-electron chi connectivity index (χ2n) is 10.8. The molecule has 0 bridgehead atoms. The Labute approximate surface area is 222 Å². The number of nitrogens with zero attached hydrogens (tertiary/aromatic N) is 5. The van der Waals surface area contributed by atoms with E-state index in [1.54, 1.807) is 49.1 Å². The minimum Gasteiger partial charge on any atom is -0.351 e. The molecule has 0 spiro atoms. The van der Waals surface area contributed by atoms with Crippen LogP contribution in [0.3, 0.4) is 0 Å². The SMILES string of the molecule is CC(C)(C)NC(=O)C1CCCN(C2=C3C=NC=C[N+]3(N)C(c3ccc(C(=O)Nc4ccccn4)cc3)=N2)C1. The summed E-state index contributed by atoms with van der Waals surface area (Å²) in [6.07, 6.45) is 8.51. The van der Waals surface area contributed by atoms with Gasteiger partial charge in [-0.15, -0.1) is 4.59 Å². The second-order valence-corrected chi connectivity index (χ2v) is 10.8. The van der Waals surface area contributed by atoms with E-state index < -0.39 is 0 Å². The maximum atomic E-state index is 12.9. The third-order valence-corrected chi connectivity index (χ3v) is 6.68. The van der Waals surface area contributed by atoms with Crippen molar-refractivity contribution in [3.8, 4) is 0 Å². The van der Waals surface area contributed by atoms with Gasteiger partial charge in [-0.3, -0.25) is 14.6 Å². The maximum Gasteiger partial charge on any atom is 0.266 e. The summed E-state index contributed by atoms with van der Waals surface area (Å²) >= 11 is 0. The monoisotopic (exact) mass is 513 g/mol. The number of fused-ring (bicyclic) bond motifs is 1. The molecule has 4 heterocycles. The number of allylic oxidation sites excluding steroid dienone is 1. The van der Waals surface area contributed by atoms with Crippen LogP contribution in [0, 0.1) is 5.92 Å². The van der Waals surface area contributed by atoms with E-state index >= 15 is 0 Å². The average molecular weight is 514 g/mol. The van der Waals surface area contributed by atoms with Crippen LogP contribution in [0.2, 0.25) is 0 Å². The number of carbonyl (C=O) groups excluding carboxylic acids is 2. The number of carbonyl (C=O) groups is 2. The highest BCUT2D eigenvalue weighted by molar-refractivity contribution is 6.05. The Balaban J connectivity index is 1.39. The Hall–Kier alpha value is -4.15. The molecule has 1 aromatic heterocycles. The van der Waals surface area contributed by atoms with E-state index in [0.717, 1.165) is 36.5 Å². The first-order valence-electron chi connectivity index (χ1n) is 12.8. The molecule has 4 N–H and O–H groups in total. The van der Waals surface area contributed by atoms with Gasteiger partial charge in [0.05, 0.1) is 23.9 Å². The van der Waals surface area contributed by atoms with Crippen LogP contribution in [-0.4, -0.2) is 57.0 Å². The molecular weight excluding hydrogens is 480 g/mol. The third kappa shape index (κ3) is 5.13. The van der Waals surface area contributed by atoms with Crippen molar-refractivity contribution < 1.29 is 14.2 Å². The number of hydrogen-bond donors (Lipinski definition) is 3. The molecule has 0 aliphatic carbocycles. The molecule has 3 aliphatic heterocycles. The van der Waals surface area contributed by atoms with Crippen molar-refractivity contribution >= 4 is 29.7 Å². The van der Waals surface area contributed by atoms with Gasteiger partial charge < -0.3 is 15.5 Å². The molecule has 2 atom stereocenters. The van der Waals surface area contributed by atoms with Crippen LogP contribution in [-0.2, 0) is 4.79 Å². The summed E-state index contributed by atoms with van der Waals surface area (Å²) < 4.78 is -0.131. The van der Waals surface area contributed by atoms with Gasteiger partial charge in [0.25, 0.3) is 11.7 Å².